The van der Waals surface area contributed by atoms with Gasteiger partial charge in [-0.2, -0.15) is 5.10 Å². The Morgan fingerprint density at radius 3 is 2.69 bits per heavy atom. The molecule has 0 bridgehead atoms. The Labute approximate surface area is 214 Å². The number of hydrogen-bond donors (Lipinski definition) is 1. The van der Waals surface area contributed by atoms with Gasteiger partial charge in [-0.1, -0.05) is 24.6 Å². The zero-order chi connectivity index (χ0) is 24.7. The van der Waals surface area contributed by atoms with E-state index in [-0.39, 0.29) is 5.91 Å². The van der Waals surface area contributed by atoms with Gasteiger partial charge in [-0.3, -0.25) is 9.48 Å². The van der Waals surface area contributed by atoms with Crippen LogP contribution in [0.3, 0.4) is 0 Å². The van der Waals surface area contributed by atoms with Crippen LogP contribution in [0.1, 0.15) is 54.4 Å². The molecule has 2 saturated heterocycles. The molecule has 3 aromatic rings. The molecular weight excluding hydrogens is 450 g/mol. The molecule has 0 radical (unpaired) electrons. The minimum absolute atomic E-state index is 0.0187. The number of amides is 1. The minimum atomic E-state index is -0.0187. The number of hydrogen-bond acceptors (Lipinski definition) is 5. The summed E-state index contributed by atoms with van der Waals surface area (Å²) in [5.41, 5.74) is 2.74. The van der Waals surface area contributed by atoms with Crippen LogP contribution in [0.15, 0.2) is 48.7 Å². The van der Waals surface area contributed by atoms with E-state index in [0.717, 1.165) is 41.2 Å². The molecule has 7 nitrogen and oxygen atoms in total. The van der Waals surface area contributed by atoms with Crippen molar-refractivity contribution in [2.45, 2.75) is 51.1 Å². The highest BCUT2D eigenvalue weighted by Crippen LogP contribution is 2.21. The fourth-order valence-corrected chi connectivity index (χ4v) is 5.68. The van der Waals surface area contributed by atoms with Crippen molar-refractivity contribution in [3.8, 4) is 5.75 Å². The summed E-state index contributed by atoms with van der Waals surface area (Å²) in [4.78, 5) is 18.1. The molecule has 5 rings (SSSR count). The Morgan fingerprint density at radius 1 is 1.06 bits per heavy atom. The van der Waals surface area contributed by atoms with Gasteiger partial charge >= 0.3 is 0 Å². The summed E-state index contributed by atoms with van der Waals surface area (Å²) in [6.45, 7) is 7.34. The number of benzene rings is 2. The first-order valence-electron chi connectivity index (χ1n) is 13.5. The third-order valence-corrected chi connectivity index (χ3v) is 7.77. The SMILES string of the molecule is COc1cccc(Cn2ncc3ccc(C(=O)NCCCN4CCC(N5CCCCC5)CC4)cc32)c1. The molecule has 7 heteroatoms. The molecule has 2 fully saturated rings. The average molecular weight is 490 g/mol. The maximum Gasteiger partial charge on any atom is 0.251 e. The van der Waals surface area contributed by atoms with Crippen LogP contribution in [-0.2, 0) is 6.54 Å². The second-order valence-corrected chi connectivity index (χ2v) is 10.2. The maximum absolute atomic E-state index is 12.9. The number of rotatable bonds is 9. The third-order valence-electron chi connectivity index (χ3n) is 7.77. The van der Waals surface area contributed by atoms with Crippen molar-refractivity contribution in [1.29, 1.82) is 0 Å². The first kappa shape index (κ1) is 24.8. The number of nitrogens with one attached hydrogen (secondary N) is 1. The number of nitrogens with zero attached hydrogens (tertiary/aromatic N) is 4. The highest BCUT2D eigenvalue weighted by Gasteiger charge is 2.25. The standard InChI is InChI=1S/C29H39N5O2/c1-36-27-8-5-7-23(19-27)22-34-28-20-24(9-10-25(28)21-31-34)29(35)30-13-6-14-32-17-11-26(12-18-32)33-15-3-2-4-16-33/h5,7-10,19-21,26H,2-4,6,11-18,22H2,1H3,(H,30,35). The zero-order valence-corrected chi connectivity index (χ0v) is 21.5. The normalized spacial score (nSPS) is 17.9. The molecule has 1 amide bonds. The molecule has 1 N–H and O–H groups in total. The van der Waals surface area contributed by atoms with E-state index < -0.39 is 0 Å². The van der Waals surface area contributed by atoms with Crippen molar-refractivity contribution in [3.63, 3.8) is 0 Å². The van der Waals surface area contributed by atoms with E-state index in [4.69, 9.17) is 4.74 Å². The molecule has 192 valence electrons. The summed E-state index contributed by atoms with van der Waals surface area (Å²) >= 11 is 0. The molecule has 3 heterocycles. The van der Waals surface area contributed by atoms with E-state index >= 15 is 0 Å². The molecule has 0 saturated carbocycles. The van der Waals surface area contributed by atoms with Gasteiger partial charge in [0.15, 0.2) is 0 Å². The molecule has 2 aromatic carbocycles. The van der Waals surface area contributed by atoms with Crippen LogP contribution in [0.25, 0.3) is 10.9 Å². The predicted molar refractivity (Wildman–Crippen MR) is 144 cm³/mol. The second kappa shape index (κ2) is 11.9. The van der Waals surface area contributed by atoms with E-state index in [9.17, 15) is 4.79 Å². The van der Waals surface area contributed by atoms with Crippen molar-refractivity contribution >= 4 is 16.8 Å². The topological polar surface area (TPSA) is 62.6 Å². The molecular formula is C29H39N5O2. The number of aromatic nitrogens is 2. The van der Waals surface area contributed by atoms with Crippen molar-refractivity contribution in [3.05, 3.63) is 59.8 Å². The average Bonchev–Trinajstić information content (AvgIpc) is 3.33. The quantitative estimate of drug-likeness (QED) is 0.457. The fraction of sp³-hybridized carbons (Fsp3) is 0.517. The first-order chi connectivity index (χ1) is 17.7. The minimum Gasteiger partial charge on any atom is -0.497 e. The van der Waals surface area contributed by atoms with Crippen LogP contribution in [-0.4, -0.2) is 77.9 Å². The van der Waals surface area contributed by atoms with Crippen molar-refractivity contribution in [2.75, 3.05) is 46.4 Å². The summed E-state index contributed by atoms with van der Waals surface area (Å²) < 4.78 is 7.28. The van der Waals surface area contributed by atoms with E-state index in [1.807, 2.05) is 47.3 Å². The van der Waals surface area contributed by atoms with E-state index in [0.29, 0.717) is 18.7 Å². The molecule has 0 aliphatic carbocycles. The lowest BCUT2D eigenvalue weighted by Gasteiger charge is -2.40. The fourth-order valence-electron chi connectivity index (χ4n) is 5.68. The molecule has 2 aliphatic rings. The number of carbonyl (C=O) groups excluding carboxylic acids is 1. The van der Waals surface area contributed by atoms with Gasteiger partial charge in [0, 0.05) is 23.5 Å². The van der Waals surface area contributed by atoms with Gasteiger partial charge in [-0.15, -0.1) is 0 Å². The summed E-state index contributed by atoms with van der Waals surface area (Å²) in [5, 5.41) is 8.69. The van der Waals surface area contributed by atoms with Crippen molar-refractivity contribution < 1.29 is 9.53 Å². The molecule has 0 spiro atoms. The molecule has 2 aliphatic heterocycles. The predicted octanol–water partition coefficient (Wildman–Crippen LogP) is 4.16. The highest BCUT2D eigenvalue weighted by atomic mass is 16.5. The number of carbonyl (C=O) groups is 1. The lowest BCUT2D eigenvalue weighted by Crippen LogP contribution is -2.47. The van der Waals surface area contributed by atoms with Gasteiger partial charge in [0.1, 0.15) is 5.75 Å². The lowest BCUT2D eigenvalue weighted by molar-refractivity contribution is 0.0903. The Morgan fingerprint density at radius 2 is 1.89 bits per heavy atom. The van der Waals surface area contributed by atoms with E-state index in [1.54, 1.807) is 7.11 Å². The number of fused-ring (bicyclic) bond motifs is 1. The Hall–Kier alpha value is -2.90. The van der Waals surface area contributed by atoms with Gasteiger partial charge in [0.25, 0.3) is 5.91 Å². The second-order valence-electron chi connectivity index (χ2n) is 10.2. The van der Waals surface area contributed by atoms with Crippen LogP contribution in [0.5, 0.6) is 5.75 Å². The molecule has 36 heavy (non-hydrogen) atoms. The summed E-state index contributed by atoms with van der Waals surface area (Å²) in [6, 6.07) is 14.6. The zero-order valence-electron chi connectivity index (χ0n) is 21.5. The number of ether oxygens (including phenoxy) is 1. The third kappa shape index (κ3) is 6.08. The van der Waals surface area contributed by atoms with E-state index in [2.05, 4.69) is 26.3 Å². The van der Waals surface area contributed by atoms with Crippen LogP contribution in [0, 0.1) is 0 Å². The smallest absolute Gasteiger partial charge is 0.251 e. The monoisotopic (exact) mass is 489 g/mol. The van der Waals surface area contributed by atoms with E-state index in [1.165, 1.54) is 58.3 Å². The Kier molecular flexibility index (Phi) is 8.18. The van der Waals surface area contributed by atoms with Crippen LogP contribution >= 0.6 is 0 Å². The van der Waals surface area contributed by atoms with Gasteiger partial charge in [0.05, 0.1) is 25.4 Å². The molecule has 0 unspecified atom stereocenters. The maximum atomic E-state index is 12.9. The van der Waals surface area contributed by atoms with Gasteiger partial charge in [-0.25, -0.2) is 0 Å². The van der Waals surface area contributed by atoms with Crippen molar-refractivity contribution in [2.24, 2.45) is 0 Å². The summed E-state index contributed by atoms with van der Waals surface area (Å²) in [6.07, 6.45) is 9.56. The first-order valence-corrected chi connectivity index (χ1v) is 13.5. The van der Waals surface area contributed by atoms with Crippen molar-refractivity contribution in [1.82, 2.24) is 24.9 Å². The van der Waals surface area contributed by atoms with Crippen LogP contribution in [0.2, 0.25) is 0 Å². The van der Waals surface area contributed by atoms with Gasteiger partial charge in [-0.05, 0) is 94.7 Å². The van der Waals surface area contributed by atoms with Gasteiger partial charge in [0.2, 0.25) is 0 Å². The molecule has 1 aromatic heterocycles. The highest BCUT2D eigenvalue weighted by molar-refractivity contribution is 5.97. The largest absolute Gasteiger partial charge is 0.497 e. The number of likely N-dealkylation sites (tertiary alicyclic amines) is 2. The summed E-state index contributed by atoms with van der Waals surface area (Å²) in [7, 11) is 1.67. The van der Waals surface area contributed by atoms with Crippen LogP contribution in [0.4, 0.5) is 0 Å². The lowest BCUT2D eigenvalue weighted by atomic mass is 10.00. The Bertz CT molecular complexity index is 1150. The number of piperidine rings is 2. The van der Waals surface area contributed by atoms with Gasteiger partial charge < -0.3 is 19.9 Å². The number of methoxy groups -OCH3 is 1. The molecule has 0 atom stereocenters. The van der Waals surface area contributed by atoms with Crippen LogP contribution < -0.4 is 10.1 Å². The summed E-state index contributed by atoms with van der Waals surface area (Å²) in [5.74, 6) is 0.810. The Balaban J connectivity index is 1.09.